The summed E-state index contributed by atoms with van der Waals surface area (Å²) in [6, 6.07) is 0.319. The van der Waals surface area contributed by atoms with Gasteiger partial charge in [0.2, 0.25) is 5.91 Å². The molecule has 0 aliphatic heterocycles. The second kappa shape index (κ2) is 7.88. The number of carbonyl (C=O) groups is 1. The van der Waals surface area contributed by atoms with Crippen LogP contribution in [0.2, 0.25) is 0 Å². The molecule has 0 spiro atoms. The van der Waals surface area contributed by atoms with Crippen LogP contribution in [0.3, 0.4) is 0 Å². The van der Waals surface area contributed by atoms with Crippen molar-refractivity contribution in [3.05, 3.63) is 0 Å². The molecule has 112 valence electrons. The molecular formula is C16H32N2O. The molecule has 1 rings (SSSR count). The molecule has 3 nitrogen and oxygen atoms in total. The zero-order valence-electron chi connectivity index (χ0n) is 13.1. The number of hydrogen-bond donors (Lipinski definition) is 2. The van der Waals surface area contributed by atoms with Gasteiger partial charge in [0.15, 0.2) is 0 Å². The summed E-state index contributed by atoms with van der Waals surface area (Å²) in [5, 5.41) is 3.17. The maximum atomic E-state index is 12.3. The van der Waals surface area contributed by atoms with E-state index in [1.54, 1.807) is 0 Å². The summed E-state index contributed by atoms with van der Waals surface area (Å²) in [6.45, 7) is 8.75. The summed E-state index contributed by atoms with van der Waals surface area (Å²) in [7, 11) is 0. The maximum absolute atomic E-state index is 12.3. The highest BCUT2D eigenvalue weighted by molar-refractivity contribution is 5.80. The lowest BCUT2D eigenvalue weighted by Gasteiger charge is -2.34. The molecule has 0 aromatic heterocycles. The summed E-state index contributed by atoms with van der Waals surface area (Å²) < 4.78 is 0. The highest BCUT2D eigenvalue weighted by Crippen LogP contribution is 2.29. The molecular weight excluding hydrogens is 236 g/mol. The Morgan fingerprint density at radius 1 is 1.26 bits per heavy atom. The van der Waals surface area contributed by atoms with Gasteiger partial charge in [-0.3, -0.25) is 4.79 Å². The number of nitrogens with one attached hydrogen (secondary N) is 1. The van der Waals surface area contributed by atoms with E-state index in [1.807, 2.05) is 0 Å². The van der Waals surface area contributed by atoms with E-state index >= 15 is 0 Å². The molecule has 1 amide bonds. The van der Waals surface area contributed by atoms with Crippen molar-refractivity contribution in [2.45, 2.75) is 78.3 Å². The smallest absolute Gasteiger partial charge is 0.225 e. The Morgan fingerprint density at radius 2 is 1.95 bits per heavy atom. The summed E-state index contributed by atoms with van der Waals surface area (Å²) in [5.41, 5.74) is 6.13. The molecule has 4 unspecified atom stereocenters. The fourth-order valence-electron chi connectivity index (χ4n) is 3.15. The van der Waals surface area contributed by atoms with Gasteiger partial charge >= 0.3 is 0 Å². The van der Waals surface area contributed by atoms with Crippen LogP contribution in [0.25, 0.3) is 0 Å². The summed E-state index contributed by atoms with van der Waals surface area (Å²) >= 11 is 0. The van der Waals surface area contributed by atoms with Crippen molar-refractivity contribution in [2.75, 3.05) is 0 Å². The highest BCUT2D eigenvalue weighted by atomic mass is 16.2. The molecule has 0 saturated heterocycles. The predicted molar refractivity (Wildman–Crippen MR) is 80.8 cm³/mol. The topological polar surface area (TPSA) is 55.1 Å². The third-order valence-corrected chi connectivity index (χ3v) is 4.38. The lowest BCUT2D eigenvalue weighted by atomic mass is 9.76. The summed E-state index contributed by atoms with van der Waals surface area (Å²) in [6.07, 6.45) is 6.78. The average molecular weight is 268 g/mol. The molecule has 19 heavy (non-hydrogen) atoms. The molecule has 1 saturated carbocycles. The Hall–Kier alpha value is -0.570. The Morgan fingerprint density at radius 3 is 2.53 bits per heavy atom. The van der Waals surface area contributed by atoms with Crippen molar-refractivity contribution in [1.82, 2.24) is 5.32 Å². The van der Waals surface area contributed by atoms with Gasteiger partial charge in [0, 0.05) is 12.1 Å². The van der Waals surface area contributed by atoms with E-state index in [0.717, 1.165) is 31.6 Å². The molecule has 0 aromatic carbocycles. The van der Waals surface area contributed by atoms with E-state index in [4.69, 9.17) is 5.73 Å². The molecule has 0 heterocycles. The standard InChI is InChI=1S/C16H32N2O/c1-11(2)7-5-9-13(4)18-16(19)15-12(3)8-6-10-14(15)17/h11-15H,5-10,17H2,1-4H3,(H,18,19). The second-order valence-corrected chi connectivity index (χ2v) is 6.83. The van der Waals surface area contributed by atoms with Gasteiger partial charge in [-0.05, 0) is 38.0 Å². The minimum Gasteiger partial charge on any atom is -0.353 e. The third kappa shape index (κ3) is 5.52. The molecule has 1 aliphatic rings. The van der Waals surface area contributed by atoms with Gasteiger partial charge in [-0.15, -0.1) is 0 Å². The van der Waals surface area contributed by atoms with Crippen LogP contribution in [0.1, 0.15) is 66.2 Å². The van der Waals surface area contributed by atoms with E-state index in [9.17, 15) is 4.79 Å². The first-order chi connectivity index (χ1) is 8.91. The minimum absolute atomic E-state index is 0.0151. The number of carbonyl (C=O) groups excluding carboxylic acids is 1. The first kappa shape index (κ1) is 16.5. The van der Waals surface area contributed by atoms with Crippen molar-refractivity contribution >= 4 is 5.91 Å². The van der Waals surface area contributed by atoms with Crippen molar-refractivity contribution in [3.63, 3.8) is 0 Å². The van der Waals surface area contributed by atoms with Crippen molar-refractivity contribution in [3.8, 4) is 0 Å². The van der Waals surface area contributed by atoms with Crippen LogP contribution in [0, 0.1) is 17.8 Å². The second-order valence-electron chi connectivity index (χ2n) is 6.83. The number of rotatable bonds is 6. The van der Waals surface area contributed by atoms with Gasteiger partial charge in [-0.2, -0.15) is 0 Å². The molecule has 1 fully saturated rings. The van der Waals surface area contributed by atoms with E-state index in [-0.39, 0.29) is 23.9 Å². The molecule has 0 aromatic rings. The summed E-state index contributed by atoms with van der Waals surface area (Å²) in [4.78, 5) is 12.3. The van der Waals surface area contributed by atoms with Gasteiger partial charge in [-0.25, -0.2) is 0 Å². The van der Waals surface area contributed by atoms with Crippen LogP contribution in [-0.2, 0) is 4.79 Å². The Balaban J connectivity index is 2.36. The average Bonchev–Trinajstić information content (AvgIpc) is 2.27. The zero-order chi connectivity index (χ0) is 14.4. The quantitative estimate of drug-likeness (QED) is 0.778. The van der Waals surface area contributed by atoms with Gasteiger partial charge in [-0.1, -0.05) is 40.0 Å². The van der Waals surface area contributed by atoms with E-state index < -0.39 is 0 Å². The number of amides is 1. The molecule has 0 bridgehead atoms. The van der Waals surface area contributed by atoms with E-state index in [2.05, 4.69) is 33.0 Å². The predicted octanol–water partition coefficient (Wildman–Crippen LogP) is 3.08. The zero-order valence-corrected chi connectivity index (χ0v) is 13.1. The molecule has 4 atom stereocenters. The highest BCUT2D eigenvalue weighted by Gasteiger charge is 2.34. The van der Waals surface area contributed by atoms with Crippen molar-refractivity contribution in [1.29, 1.82) is 0 Å². The molecule has 3 N–H and O–H groups in total. The van der Waals surface area contributed by atoms with Crippen LogP contribution >= 0.6 is 0 Å². The Labute approximate surface area is 118 Å². The monoisotopic (exact) mass is 268 g/mol. The molecule has 1 aliphatic carbocycles. The largest absolute Gasteiger partial charge is 0.353 e. The Bertz CT molecular complexity index is 268. The normalized spacial score (nSPS) is 29.3. The number of nitrogens with two attached hydrogens (primary N) is 1. The third-order valence-electron chi connectivity index (χ3n) is 4.38. The first-order valence-corrected chi connectivity index (χ1v) is 7.97. The van der Waals surface area contributed by atoms with Gasteiger partial charge in [0.1, 0.15) is 0 Å². The minimum atomic E-state index is 0.0151. The lowest BCUT2D eigenvalue weighted by Crippen LogP contribution is -2.49. The van der Waals surface area contributed by atoms with Crippen molar-refractivity contribution < 1.29 is 4.79 Å². The van der Waals surface area contributed by atoms with Crippen molar-refractivity contribution in [2.24, 2.45) is 23.5 Å². The molecule has 0 radical (unpaired) electrons. The first-order valence-electron chi connectivity index (χ1n) is 7.97. The van der Waals surface area contributed by atoms with E-state index in [0.29, 0.717) is 5.92 Å². The summed E-state index contributed by atoms with van der Waals surface area (Å²) in [5.74, 6) is 1.36. The van der Waals surface area contributed by atoms with Crippen LogP contribution < -0.4 is 11.1 Å². The van der Waals surface area contributed by atoms with Gasteiger partial charge in [0.25, 0.3) is 0 Å². The van der Waals surface area contributed by atoms with Gasteiger partial charge in [0.05, 0.1) is 5.92 Å². The van der Waals surface area contributed by atoms with Crippen LogP contribution in [0.4, 0.5) is 0 Å². The lowest BCUT2D eigenvalue weighted by molar-refractivity contribution is -0.128. The van der Waals surface area contributed by atoms with E-state index in [1.165, 1.54) is 12.8 Å². The van der Waals surface area contributed by atoms with Crippen LogP contribution in [-0.4, -0.2) is 18.0 Å². The Kier molecular flexibility index (Phi) is 6.84. The van der Waals surface area contributed by atoms with Gasteiger partial charge < -0.3 is 11.1 Å². The van der Waals surface area contributed by atoms with Crippen LogP contribution in [0.15, 0.2) is 0 Å². The van der Waals surface area contributed by atoms with Crippen LogP contribution in [0.5, 0.6) is 0 Å². The SMILES string of the molecule is CC(C)CCCC(C)NC(=O)C1C(C)CCCC1N. The fourth-order valence-corrected chi connectivity index (χ4v) is 3.15. The maximum Gasteiger partial charge on any atom is 0.225 e. The molecule has 3 heteroatoms. The fraction of sp³-hybridized carbons (Fsp3) is 0.938. The number of hydrogen-bond acceptors (Lipinski definition) is 2.